The Morgan fingerprint density at radius 2 is 1.98 bits per heavy atom. The van der Waals surface area contributed by atoms with Crippen molar-refractivity contribution < 1.29 is 32.2 Å². The molecule has 5 rings (SSSR count). The first-order chi connectivity index (χ1) is 19.5. The van der Waals surface area contributed by atoms with Gasteiger partial charge in [0.1, 0.15) is 15.8 Å². The molecule has 1 atom stereocenters. The molecule has 41 heavy (non-hydrogen) atoms. The number of rotatable bonds is 7. The van der Waals surface area contributed by atoms with Crippen LogP contribution >= 0.6 is 22.9 Å². The first-order valence-electron chi connectivity index (χ1n) is 13.0. The van der Waals surface area contributed by atoms with Gasteiger partial charge in [-0.25, -0.2) is 14.3 Å². The molecule has 0 radical (unpaired) electrons. The Hall–Kier alpha value is -3.64. The summed E-state index contributed by atoms with van der Waals surface area (Å²) in [5.74, 6) is -0.995. The van der Waals surface area contributed by atoms with E-state index in [0.29, 0.717) is 28.7 Å². The highest BCUT2D eigenvalue weighted by Crippen LogP contribution is 2.40. The number of fused-ring (bicyclic) bond motifs is 2. The smallest absolute Gasteiger partial charge is 0.433 e. The first kappa shape index (κ1) is 28.9. The highest BCUT2D eigenvalue weighted by Gasteiger charge is 2.37. The Morgan fingerprint density at radius 3 is 2.68 bits per heavy atom. The largest absolute Gasteiger partial charge is 0.497 e. The number of anilines is 1. The van der Waals surface area contributed by atoms with E-state index >= 15 is 0 Å². The summed E-state index contributed by atoms with van der Waals surface area (Å²) in [6, 6.07) is 7.22. The topological polar surface area (TPSA) is 94.8 Å². The lowest BCUT2D eigenvalue weighted by Crippen LogP contribution is -2.19. The van der Waals surface area contributed by atoms with Gasteiger partial charge in [-0.05, 0) is 62.8 Å². The van der Waals surface area contributed by atoms with Crippen LogP contribution in [0.3, 0.4) is 0 Å². The molecule has 1 amide bonds. The molecule has 0 saturated heterocycles. The Labute approximate surface area is 242 Å². The van der Waals surface area contributed by atoms with Crippen LogP contribution in [0.2, 0.25) is 5.02 Å². The molecule has 1 aliphatic carbocycles. The third kappa shape index (κ3) is 5.62. The van der Waals surface area contributed by atoms with Crippen molar-refractivity contribution >= 4 is 45.5 Å². The first-order valence-corrected chi connectivity index (χ1v) is 14.2. The van der Waals surface area contributed by atoms with E-state index in [-0.39, 0.29) is 33.0 Å². The van der Waals surface area contributed by atoms with Gasteiger partial charge in [-0.1, -0.05) is 30.7 Å². The number of benzene rings is 1. The van der Waals surface area contributed by atoms with Crippen molar-refractivity contribution in [3.63, 3.8) is 0 Å². The number of aryl methyl sites for hydroxylation is 1. The van der Waals surface area contributed by atoms with Crippen molar-refractivity contribution in [1.82, 2.24) is 14.6 Å². The number of nitrogens with zero attached hydrogens (tertiary/aromatic N) is 3. The molecule has 13 heteroatoms. The number of hydrogen-bond donors (Lipinski definition) is 1. The number of hydrogen-bond acceptors (Lipinski definition) is 7. The second kappa shape index (κ2) is 11.3. The third-order valence-electron chi connectivity index (χ3n) is 6.89. The average molecular weight is 607 g/mol. The van der Waals surface area contributed by atoms with Crippen molar-refractivity contribution in [2.75, 3.05) is 12.4 Å². The minimum absolute atomic E-state index is 0.0292. The Balaban J connectivity index is 1.57. The highest BCUT2D eigenvalue weighted by atomic mass is 35.5. The van der Waals surface area contributed by atoms with Gasteiger partial charge in [0, 0.05) is 10.4 Å². The van der Waals surface area contributed by atoms with Gasteiger partial charge in [0.2, 0.25) is 0 Å². The monoisotopic (exact) mass is 606 g/mol. The van der Waals surface area contributed by atoms with Gasteiger partial charge in [-0.2, -0.15) is 18.3 Å². The fourth-order valence-electron chi connectivity index (χ4n) is 4.63. The summed E-state index contributed by atoms with van der Waals surface area (Å²) in [4.78, 5) is 31.8. The zero-order chi connectivity index (χ0) is 29.5. The van der Waals surface area contributed by atoms with E-state index in [2.05, 4.69) is 15.4 Å². The number of methoxy groups -OCH3 is 1. The van der Waals surface area contributed by atoms with Crippen LogP contribution < -0.4 is 10.1 Å². The van der Waals surface area contributed by atoms with E-state index < -0.39 is 29.4 Å². The van der Waals surface area contributed by atoms with Crippen LogP contribution in [-0.2, 0) is 23.8 Å². The Bertz CT molecular complexity index is 1650. The highest BCUT2D eigenvalue weighted by molar-refractivity contribution is 7.17. The maximum atomic E-state index is 14.1. The lowest BCUT2D eigenvalue weighted by atomic mass is 9.95. The third-order valence-corrected chi connectivity index (χ3v) is 8.44. The number of amides is 1. The van der Waals surface area contributed by atoms with E-state index in [1.165, 1.54) is 24.5 Å². The molecular weight excluding hydrogens is 581 g/mol. The normalized spacial score (nSPS) is 14.0. The number of alkyl halides is 3. The molecule has 0 bridgehead atoms. The van der Waals surface area contributed by atoms with Gasteiger partial charge < -0.3 is 14.8 Å². The van der Waals surface area contributed by atoms with Crippen molar-refractivity contribution in [2.45, 2.75) is 58.2 Å². The van der Waals surface area contributed by atoms with Crippen LogP contribution in [0.5, 0.6) is 5.75 Å². The van der Waals surface area contributed by atoms with Crippen LogP contribution in [0, 0.1) is 0 Å². The number of aromatic nitrogens is 3. The number of thiophene rings is 1. The van der Waals surface area contributed by atoms with E-state index in [4.69, 9.17) is 21.1 Å². The molecule has 1 unspecified atom stereocenters. The zero-order valence-electron chi connectivity index (χ0n) is 22.4. The number of ether oxygens (including phenoxy) is 2. The molecule has 0 fully saturated rings. The zero-order valence-corrected chi connectivity index (χ0v) is 24.0. The van der Waals surface area contributed by atoms with E-state index in [1.807, 2.05) is 6.92 Å². The second-order valence-corrected chi connectivity index (χ2v) is 11.1. The quantitative estimate of drug-likeness (QED) is 0.223. The molecule has 1 aromatic carbocycles. The summed E-state index contributed by atoms with van der Waals surface area (Å²) in [6.07, 6.45) is -1.31. The van der Waals surface area contributed by atoms with E-state index in [1.54, 1.807) is 25.1 Å². The van der Waals surface area contributed by atoms with Crippen LogP contribution in [0.15, 0.2) is 30.3 Å². The molecule has 0 aliphatic heterocycles. The molecule has 0 saturated carbocycles. The maximum Gasteiger partial charge on any atom is 0.433 e. The van der Waals surface area contributed by atoms with E-state index in [0.717, 1.165) is 35.8 Å². The lowest BCUT2D eigenvalue weighted by molar-refractivity contribution is -0.142. The van der Waals surface area contributed by atoms with Gasteiger partial charge in [0.15, 0.2) is 17.0 Å². The summed E-state index contributed by atoms with van der Waals surface area (Å²) >= 11 is 7.72. The summed E-state index contributed by atoms with van der Waals surface area (Å²) in [7, 11) is 1.44. The van der Waals surface area contributed by atoms with Crippen LogP contribution in [-0.4, -0.2) is 39.7 Å². The maximum absolute atomic E-state index is 14.1. The van der Waals surface area contributed by atoms with Gasteiger partial charge in [0.05, 0.1) is 24.5 Å². The lowest BCUT2D eigenvalue weighted by Gasteiger charge is -2.15. The molecule has 0 spiro atoms. The number of carbonyl (C=O) groups excluding carboxylic acids is 2. The average Bonchev–Trinajstić information content (AvgIpc) is 3.49. The summed E-state index contributed by atoms with van der Waals surface area (Å²) in [5, 5.41) is 6.48. The fraction of sp³-hybridized carbons (Fsp3) is 0.357. The van der Waals surface area contributed by atoms with Gasteiger partial charge in [-0.3, -0.25) is 4.79 Å². The minimum Gasteiger partial charge on any atom is -0.497 e. The van der Waals surface area contributed by atoms with Crippen LogP contribution in [0.25, 0.3) is 16.9 Å². The fourth-order valence-corrected chi connectivity index (χ4v) is 6.14. The molecular formula is C28H26ClF3N4O4S. The SMILES string of the molecule is CCC(C)OC(=O)c1c(NC(=O)c2nn3c(C(F)(F)F)cc(-c4cccc(OC)c4)nc3c2Cl)sc2c1CCCC2. The molecule has 3 heterocycles. The van der Waals surface area contributed by atoms with Crippen molar-refractivity contribution in [2.24, 2.45) is 0 Å². The number of carbonyl (C=O) groups is 2. The van der Waals surface area contributed by atoms with Crippen molar-refractivity contribution in [3.05, 3.63) is 62.7 Å². The number of nitrogens with one attached hydrogen (secondary N) is 1. The minimum atomic E-state index is -4.84. The van der Waals surface area contributed by atoms with Gasteiger partial charge >= 0.3 is 12.1 Å². The number of esters is 1. The van der Waals surface area contributed by atoms with Crippen molar-refractivity contribution in [1.29, 1.82) is 0 Å². The molecule has 1 N–H and O–H groups in total. The predicted octanol–water partition coefficient (Wildman–Crippen LogP) is 7.23. The molecule has 1 aliphatic rings. The Morgan fingerprint density at radius 1 is 1.22 bits per heavy atom. The molecule has 4 aromatic rings. The van der Waals surface area contributed by atoms with Gasteiger partial charge in [0.25, 0.3) is 5.91 Å². The Kier molecular flexibility index (Phi) is 7.97. The molecule has 8 nitrogen and oxygen atoms in total. The van der Waals surface area contributed by atoms with E-state index in [9.17, 15) is 22.8 Å². The summed E-state index contributed by atoms with van der Waals surface area (Å²) in [5.41, 5.74) is -0.535. The van der Waals surface area contributed by atoms with Crippen molar-refractivity contribution in [3.8, 4) is 17.0 Å². The second-order valence-electron chi connectivity index (χ2n) is 9.65. The number of halogens is 4. The standard InChI is InChI=1S/C28H26ClF3N4O4S/c1-4-14(2)40-27(38)21-17-10-5-6-11-19(17)41-26(21)34-25(37)23-22(29)24-33-18(15-8-7-9-16(12-15)39-3)13-20(28(30,31)32)36(24)35-23/h7-9,12-14H,4-6,10-11H2,1-3H3,(H,34,37). The van der Waals surface area contributed by atoms with Crippen LogP contribution in [0.4, 0.5) is 18.2 Å². The summed E-state index contributed by atoms with van der Waals surface area (Å²) < 4.78 is 53.7. The molecule has 3 aromatic heterocycles. The predicted molar refractivity (Wildman–Crippen MR) is 149 cm³/mol. The summed E-state index contributed by atoms with van der Waals surface area (Å²) in [6.45, 7) is 3.66. The molecule has 216 valence electrons. The van der Waals surface area contributed by atoms with Crippen LogP contribution in [0.1, 0.15) is 70.1 Å². The van der Waals surface area contributed by atoms with Gasteiger partial charge in [-0.15, -0.1) is 11.3 Å².